The van der Waals surface area contributed by atoms with Gasteiger partial charge in [0.1, 0.15) is 0 Å². The van der Waals surface area contributed by atoms with Gasteiger partial charge in [-0.2, -0.15) is 0 Å². The summed E-state index contributed by atoms with van der Waals surface area (Å²) in [5.41, 5.74) is 4.87. The van der Waals surface area contributed by atoms with E-state index in [-0.39, 0.29) is 5.91 Å². The lowest BCUT2D eigenvalue weighted by Gasteiger charge is -2.37. The molecule has 2 fully saturated rings. The minimum atomic E-state index is 0.196. The van der Waals surface area contributed by atoms with Crippen molar-refractivity contribution in [1.29, 1.82) is 0 Å². The van der Waals surface area contributed by atoms with Crippen LogP contribution in [0, 0.1) is 12.8 Å². The van der Waals surface area contributed by atoms with Gasteiger partial charge in [-0.05, 0) is 66.6 Å². The average Bonchev–Trinajstić information content (AvgIpc) is 3.31. The number of carbonyl (C=O) groups is 1. The number of halogens is 1. The van der Waals surface area contributed by atoms with Crippen LogP contribution in [0.15, 0.2) is 78.9 Å². The number of likely N-dealkylation sites (tertiary alicyclic amines) is 1. The predicted molar refractivity (Wildman–Crippen MR) is 148 cm³/mol. The Hall–Kier alpha value is -2.62. The molecular formula is C32H37ClN2O. The van der Waals surface area contributed by atoms with E-state index in [1.807, 2.05) is 42.5 Å². The van der Waals surface area contributed by atoms with E-state index in [4.69, 9.17) is 11.6 Å². The van der Waals surface area contributed by atoms with Gasteiger partial charge in [0, 0.05) is 48.7 Å². The van der Waals surface area contributed by atoms with Crippen LogP contribution >= 0.6 is 11.6 Å². The molecule has 2 aliphatic rings. The second-order valence-electron chi connectivity index (χ2n) is 10.7. The third-order valence-corrected chi connectivity index (χ3v) is 8.40. The molecule has 1 heterocycles. The summed E-state index contributed by atoms with van der Waals surface area (Å²) in [5.74, 6) is 1.00. The summed E-state index contributed by atoms with van der Waals surface area (Å²) < 4.78 is 0. The molecule has 3 nitrogen and oxygen atoms in total. The Balaban J connectivity index is 1.42. The fraction of sp³-hybridized carbons (Fsp3) is 0.406. The van der Waals surface area contributed by atoms with Gasteiger partial charge < -0.3 is 4.90 Å². The molecule has 1 aliphatic heterocycles. The summed E-state index contributed by atoms with van der Waals surface area (Å²) in [4.78, 5) is 18.7. The van der Waals surface area contributed by atoms with Crippen LogP contribution < -0.4 is 0 Å². The van der Waals surface area contributed by atoms with Crippen molar-refractivity contribution >= 4 is 17.5 Å². The maximum Gasteiger partial charge on any atom is 0.254 e. The van der Waals surface area contributed by atoms with Crippen LogP contribution in [-0.2, 0) is 6.54 Å². The summed E-state index contributed by atoms with van der Waals surface area (Å²) in [6.07, 6.45) is 5.97. The highest BCUT2D eigenvalue weighted by Crippen LogP contribution is 2.37. The normalized spacial score (nSPS) is 20.9. The summed E-state index contributed by atoms with van der Waals surface area (Å²) in [7, 11) is 0. The van der Waals surface area contributed by atoms with Gasteiger partial charge in [-0.1, -0.05) is 85.5 Å². The number of hydrogen-bond acceptors (Lipinski definition) is 2. The van der Waals surface area contributed by atoms with Crippen molar-refractivity contribution in [3.05, 3.63) is 106 Å². The van der Waals surface area contributed by atoms with E-state index >= 15 is 0 Å². The third kappa shape index (κ3) is 5.85. The number of nitrogens with zero attached hydrogens (tertiary/aromatic N) is 2. The van der Waals surface area contributed by atoms with Crippen molar-refractivity contribution in [1.82, 2.24) is 9.80 Å². The van der Waals surface area contributed by atoms with Crippen LogP contribution in [-0.4, -0.2) is 41.4 Å². The molecule has 0 bridgehead atoms. The first kappa shape index (κ1) is 25.0. The van der Waals surface area contributed by atoms with Crippen LogP contribution in [0.25, 0.3) is 0 Å². The molecule has 0 aromatic heterocycles. The zero-order valence-electron chi connectivity index (χ0n) is 21.3. The number of benzene rings is 3. The topological polar surface area (TPSA) is 23.6 Å². The molecule has 3 aromatic carbocycles. The van der Waals surface area contributed by atoms with Crippen LogP contribution in [0.5, 0.6) is 0 Å². The quantitative estimate of drug-likeness (QED) is 0.339. The van der Waals surface area contributed by atoms with Gasteiger partial charge in [-0.3, -0.25) is 9.69 Å². The molecule has 3 aromatic rings. The van der Waals surface area contributed by atoms with Crippen molar-refractivity contribution in [2.75, 3.05) is 19.6 Å². The molecular weight excluding hydrogens is 464 g/mol. The zero-order chi connectivity index (χ0) is 24.9. The Morgan fingerprint density at radius 3 is 2.31 bits per heavy atom. The number of hydrogen-bond donors (Lipinski definition) is 0. The zero-order valence-corrected chi connectivity index (χ0v) is 22.0. The molecule has 36 heavy (non-hydrogen) atoms. The number of amides is 1. The van der Waals surface area contributed by atoms with Gasteiger partial charge in [0.05, 0.1) is 0 Å². The van der Waals surface area contributed by atoms with Crippen molar-refractivity contribution in [3.8, 4) is 0 Å². The summed E-state index contributed by atoms with van der Waals surface area (Å²) in [6.45, 7) is 5.95. The van der Waals surface area contributed by atoms with E-state index in [0.29, 0.717) is 17.9 Å². The van der Waals surface area contributed by atoms with Crippen LogP contribution in [0.2, 0.25) is 5.02 Å². The van der Waals surface area contributed by atoms with E-state index in [0.717, 1.165) is 49.6 Å². The molecule has 0 N–H and O–H groups in total. The average molecular weight is 501 g/mol. The highest BCUT2D eigenvalue weighted by molar-refractivity contribution is 6.30. The summed E-state index contributed by atoms with van der Waals surface area (Å²) >= 11 is 6.13. The Kier molecular flexibility index (Phi) is 8.09. The SMILES string of the molecule is Cc1ccccc1C1CN(Cc2ccc(Cl)cc2)CC1CN(C(=O)c1ccccc1)C1CCCCC1. The molecule has 0 radical (unpaired) electrons. The molecule has 1 saturated carbocycles. The smallest absolute Gasteiger partial charge is 0.254 e. The Bertz CT molecular complexity index is 1140. The Morgan fingerprint density at radius 1 is 0.889 bits per heavy atom. The van der Waals surface area contributed by atoms with E-state index in [9.17, 15) is 4.79 Å². The number of aryl methyl sites for hydroxylation is 1. The van der Waals surface area contributed by atoms with Gasteiger partial charge >= 0.3 is 0 Å². The molecule has 1 amide bonds. The third-order valence-electron chi connectivity index (χ3n) is 8.15. The molecule has 1 saturated heterocycles. The standard InChI is InChI=1S/C32H37ClN2O/c1-24-10-8-9-15-30(24)31-23-34(20-25-16-18-28(33)19-17-25)21-27(31)22-35(29-13-6-3-7-14-29)32(36)26-11-4-2-5-12-26/h2,4-5,8-12,15-19,27,29,31H,3,6-7,13-14,20-23H2,1H3. The number of rotatable bonds is 7. The van der Waals surface area contributed by atoms with Crippen molar-refractivity contribution < 1.29 is 4.79 Å². The Labute approximate surface area is 221 Å². The van der Waals surface area contributed by atoms with E-state index < -0.39 is 0 Å². The lowest BCUT2D eigenvalue weighted by molar-refractivity contribution is 0.0588. The maximum atomic E-state index is 13.8. The lowest BCUT2D eigenvalue weighted by atomic mass is 9.85. The van der Waals surface area contributed by atoms with Crippen molar-refractivity contribution in [3.63, 3.8) is 0 Å². The van der Waals surface area contributed by atoms with Gasteiger partial charge in [-0.25, -0.2) is 0 Å². The molecule has 5 rings (SSSR count). The highest BCUT2D eigenvalue weighted by atomic mass is 35.5. The first-order valence-corrected chi connectivity index (χ1v) is 13.8. The van der Waals surface area contributed by atoms with Gasteiger partial charge in [0.2, 0.25) is 0 Å². The first-order valence-electron chi connectivity index (χ1n) is 13.5. The maximum absolute atomic E-state index is 13.8. The van der Waals surface area contributed by atoms with Gasteiger partial charge in [0.15, 0.2) is 0 Å². The fourth-order valence-electron chi connectivity index (χ4n) is 6.27. The second kappa shape index (κ2) is 11.6. The molecule has 2 unspecified atom stereocenters. The lowest BCUT2D eigenvalue weighted by Crippen LogP contribution is -2.45. The monoisotopic (exact) mass is 500 g/mol. The fourth-order valence-corrected chi connectivity index (χ4v) is 6.39. The molecule has 4 heteroatoms. The summed E-state index contributed by atoms with van der Waals surface area (Å²) in [5, 5.41) is 0.776. The van der Waals surface area contributed by atoms with Crippen LogP contribution in [0.1, 0.15) is 65.1 Å². The van der Waals surface area contributed by atoms with Gasteiger partial charge in [0.25, 0.3) is 5.91 Å². The molecule has 188 valence electrons. The highest BCUT2D eigenvalue weighted by Gasteiger charge is 2.38. The Morgan fingerprint density at radius 2 is 1.58 bits per heavy atom. The van der Waals surface area contributed by atoms with Crippen molar-refractivity contribution in [2.45, 2.75) is 57.5 Å². The van der Waals surface area contributed by atoms with E-state index in [2.05, 4.69) is 53.1 Å². The minimum absolute atomic E-state index is 0.196. The van der Waals surface area contributed by atoms with Crippen molar-refractivity contribution in [2.24, 2.45) is 5.92 Å². The van der Waals surface area contributed by atoms with Crippen LogP contribution in [0.3, 0.4) is 0 Å². The summed E-state index contributed by atoms with van der Waals surface area (Å²) in [6, 6.07) is 27.3. The second-order valence-corrected chi connectivity index (χ2v) is 11.1. The largest absolute Gasteiger partial charge is 0.335 e. The van der Waals surface area contributed by atoms with Gasteiger partial charge in [-0.15, -0.1) is 0 Å². The van der Waals surface area contributed by atoms with Crippen LogP contribution in [0.4, 0.5) is 0 Å². The molecule has 2 atom stereocenters. The molecule has 1 aliphatic carbocycles. The minimum Gasteiger partial charge on any atom is -0.335 e. The number of carbonyl (C=O) groups excluding carboxylic acids is 1. The molecule has 0 spiro atoms. The van der Waals surface area contributed by atoms with E-state index in [1.165, 1.54) is 36.0 Å². The first-order chi connectivity index (χ1) is 17.6. The predicted octanol–water partition coefficient (Wildman–Crippen LogP) is 7.34. The van der Waals surface area contributed by atoms with E-state index in [1.54, 1.807) is 0 Å².